The standard InChI is InChI=1S/C10H16N2S2/c1-3-10(2,11)9-12-7-4-5-13-6-8(7)14-9/h3-6,11H2,1-2H3. The minimum atomic E-state index is -0.229. The monoisotopic (exact) mass is 228 g/mol. The van der Waals surface area contributed by atoms with E-state index in [1.807, 2.05) is 23.1 Å². The third-order valence-electron chi connectivity index (χ3n) is 2.72. The smallest absolute Gasteiger partial charge is 0.113 e. The highest BCUT2D eigenvalue weighted by molar-refractivity contribution is 7.98. The van der Waals surface area contributed by atoms with Gasteiger partial charge in [0.25, 0.3) is 0 Å². The molecule has 0 bridgehead atoms. The van der Waals surface area contributed by atoms with Crippen LogP contribution in [0.5, 0.6) is 0 Å². The van der Waals surface area contributed by atoms with Crippen LogP contribution in [-0.2, 0) is 17.7 Å². The molecule has 2 N–H and O–H groups in total. The first kappa shape index (κ1) is 10.5. The van der Waals surface area contributed by atoms with E-state index in [1.54, 1.807) is 0 Å². The molecule has 0 spiro atoms. The van der Waals surface area contributed by atoms with Crippen LogP contribution in [0.25, 0.3) is 0 Å². The number of fused-ring (bicyclic) bond motifs is 1. The van der Waals surface area contributed by atoms with Gasteiger partial charge in [0.05, 0.1) is 11.2 Å². The number of hydrogen-bond acceptors (Lipinski definition) is 4. The fourth-order valence-electron chi connectivity index (χ4n) is 1.42. The molecule has 1 aromatic rings. The Hall–Kier alpha value is -0.0600. The molecule has 1 aromatic heterocycles. The maximum Gasteiger partial charge on any atom is 0.113 e. The summed E-state index contributed by atoms with van der Waals surface area (Å²) in [6.07, 6.45) is 2.07. The molecule has 0 radical (unpaired) electrons. The maximum absolute atomic E-state index is 6.19. The predicted molar refractivity (Wildman–Crippen MR) is 63.8 cm³/mol. The fourth-order valence-corrected chi connectivity index (χ4v) is 3.77. The van der Waals surface area contributed by atoms with Crippen LogP contribution in [0.1, 0.15) is 35.8 Å². The fraction of sp³-hybridized carbons (Fsp3) is 0.700. The van der Waals surface area contributed by atoms with Gasteiger partial charge < -0.3 is 5.73 Å². The van der Waals surface area contributed by atoms with Crippen molar-refractivity contribution in [3.63, 3.8) is 0 Å². The van der Waals surface area contributed by atoms with E-state index in [0.717, 1.165) is 23.6 Å². The van der Waals surface area contributed by atoms with Crippen molar-refractivity contribution in [3.05, 3.63) is 15.6 Å². The van der Waals surface area contributed by atoms with Crippen molar-refractivity contribution in [2.45, 2.75) is 38.0 Å². The zero-order chi connectivity index (χ0) is 10.2. The lowest BCUT2D eigenvalue weighted by atomic mass is 10.0. The molecule has 1 aliphatic rings. The normalized spacial score (nSPS) is 20.2. The highest BCUT2D eigenvalue weighted by atomic mass is 32.2. The van der Waals surface area contributed by atoms with Gasteiger partial charge in [-0.25, -0.2) is 4.98 Å². The van der Waals surface area contributed by atoms with Crippen LogP contribution in [0.2, 0.25) is 0 Å². The minimum absolute atomic E-state index is 0.229. The second-order valence-corrected chi connectivity index (χ2v) is 6.15. The molecule has 14 heavy (non-hydrogen) atoms. The average Bonchev–Trinajstić information content (AvgIpc) is 2.61. The largest absolute Gasteiger partial charge is 0.320 e. The van der Waals surface area contributed by atoms with Gasteiger partial charge in [-0.1, -0.05) is 6.92 Å². The summed E-state index contributed by atoms with van der Waals surface area (Å²) in [4.78, 5) is 6.12. The quantitative estimate of drug-likeness (QED) is 0.845. The summed E-state index contributed by atoms with van der Waals surface area (Å²) in [5, 5.41) is 1.12. The van der Waals surface area contributed by atoms with Gasteiger partial charge in [-0.3, -0.25) is 0 Å². The number of aromatic nitrogens is 1. The van der Waals surface area contributed by atoms with E-state index in [4.69, 9.17) is 5.73 Å². The van der Waals surface area contributed by atoms with Gasteiger partial charge in [0.2, 0.25) is 0 Å². The number of hydrogen-bond donors (Lipinski definition) is 1. The minimum Gasteiger partial charge on any atom is -0.320 e. The van der Waals surface area contributed by atoms with E-state index in [2.05, 4.69) is 18.8 Å². The summed E-state index contributed by atoms with van der Waals surface area (Å²) in [5.74, 6) is 2.34. The topological polar surface area (TPSA) is 38.9 Å². The Kier molecular flexibility index (Phi) is 2.86. The summed E-state index contributed by atoms with van der Waals surface area (Å²) < 4.78 is 0. The number of aryl methyl sites for hydroxylation is 1. The number of thioether (sulfide) groups is 1. The predicted octanol–water partition coefficient (Wildman–Crippen LogP) is 2.52. The molecule has 1 unspecified atom stereocenters. The second-order valence-electron chi connectivity index (χ2n) is 3.96. The van der Waals surface area contributed by atoms with Gasteiger partial charge in [0.1, 0.15) is 5.01 Å². The van der Waals surface area contributed by atoms with E-state index >= 15 is 0 Å². The maximum atomic E-state index is 6.19. The molecule has 78 valence electrons. The Morgan fingerprint density at radius 3 is 3.00 bits per heavy atom. The van der Waals surface area contributed by atoms with Crippen LogP contribution in [-0.4, -0.2) is 10.7 Å². The number of nitrogens with two attached hydrogens (primary N) is 1. The van der Waals surface area contributed by atoms with Crippen molar-refractivity contribution >= 4 is 23.1 Å². The first-order chi connectivity index (χ1) is 6.63. The summed E-state index contributed by atoms with van der Waals surface area (Å²) in [6, 6.07) is 0. The molecule has 0 fully saturated rings. The zero-order valence-corrected chi connectivity index (χ0v) is 10.3. The Morgan fingerprint density at radius 1 is 1.57 bits per heavy atom. The molecule has 0 aromatic carbocycles. The zero-order valence-electron chi connectivity index (χ0n) is 8.67. The van der Waals surface area contributed by atoms with Gasteiger partial charge in [-0.05, 0) is 25.5 Å². The van der Waals surface area contributed by atoms with Crippen molar-refractivity contribution < 1.29 is 0 Å². The Morgan fingerprint density at radius 2 is 2.36 bits per heavy atom. The van der Waals surface area contributed by atoms with Gasteiger partial charge in [0.15, 0.2) is 0 Å². The van der Waals surface area contributed by atoms with E-state index in [9.17, 15) is 0 Å². The van der Waals surface area contributed by atoms with Crippen LogP contribution < -0.4 is 5.73 Å². The second kappa shape index (κ2) is 3.83. The van der Waals surface area contributed by atoms with Crippen molar-refractivity contribution in [2.75, 3.05) is 5.75 Å². The average molecular weight is 228 g/mol. The molecule has 1 aliphatic heterocycles. The lowest BCUT2D eigenvalue weighted by Crippen LogP contribution is -2.31. The van der Waals surface area contributed by atoms with E-state index in [1.165, 1.54) is 16.3 Å². The third-order valence-corrected chi connectivity index (χ3v) is 5.26. The first-order valence-corrected chi connectivity index (χ1v) is 6.96. The SMILES string of the molecule is CCC(C)(N)c1nc2c(s1)CSCC2. The molecule has 1 atom stereocenters. The van der Waals surface area contributed by atoms with Crippen molar-refractivity contribution in [2.24, 2.45) is 5.73 Å². The molecule has 2 heterocycles. The Labute approximate surface area is 93.3 Å². The van der Waals surface area contributed by atoms with Crippen LogP contribution in [0.4, 0.5) is 0 Å². The first-order valence-electron chi connectivity index (χ1n) is 4.99. The molecule has 0 saturated heterocycles. The molecule has 4 heteroatoms. The van der Waals surface area contributed by atoms with Crippen LogP contribution >= 0.6 is 23.1 Å². The third kappa shape index (κ3) is 1.83. The highest BCUT2D eigenvalue weighted by Crippen LogP contribution is 2.34. The lowest BCUT2D eigenvalue weighted by molar-refractivity contribution is 0.472. The summed E-state index contributed by atoms with van der Waals surface area (Å²) >= 11 is 3.81. The highest BCUT2D eigenvalue weighted by Gasteiger charge is 2.25. The Balaban J connectivity index is 2.32. The molecule has 2 rings (SSSR count). The molecule has 0 aliphatic carbocycles. The summed E-state index contributed by atoms with van der Waals surface area (Å²) in [5.41, 5.74) is 7.26. The van der Waals surface area contributed by atoms with Gasteiger partial charge >= 0.3 is 0 Å². The van der Waals surface area contributed by atoms with Crippen LogP contribution in [0.15, 0.2) is 0 Å². The van der Waals surface area contributed by atoms with E-state index in [-0.39, 0.29) is 5.54 Å². The van der Waals surface area contributed by atoms with Crippen molar-refractivity contribution in [1.82, 2.24) is 4.98 Å². The summed E-state index contributed by atoms with van der Waals surface area (Å²) in [6.45, 7) is 4.19. The number of thiazole rings is 1. The van der Waals surface area contributed by atoms with Gasteiger partial charge in [-0.15, -0.1) is 11.3 Å². The molecule has 0 saturated carbocycles. The van der Waals surface area contributed by atoms with Crippen molar-refractivity contribution in [3.8, 4) is 0 Å². The molecular weight excluding hydrogens is 212 g/mol. The number of nitrogens with zero attached hydrogens (tertiary/aromatic N) is 1. The Bertz CT molecular complexity index is 307. The van der Waals surface area contributed by atoms with E-state index in [0.29, 0.717) is 0 Å². The van der Waals surface area contributed by atoms with Crippen molar-refractivity contribution in [1.29, 1.82) is 0 Å². The molecular formula is C10H16N2S2. The lowest BCUT2D eigenvalue weighted by Gasteiger charge is -2.18. The summed E-state index contributed by atoms with van der Waals surface area (Å²) in [7, 11) is 0. The van der Waals surface area contributed by atoms with E-state index < -0.39 is 0 Å². The van der Waals surface area contributed by atoms with Crippen LogP contribution in [0, 0.1) is 0 Å². The van der Waals surface area contributed by atoms with Crippen LogP contribution in [0.3, 0.4) is 0 Å². The van der Waals surface area contributed by atoms with Gasteiger partial charge in [-0.2, -0.15) is 11.8 Å². The van der Waals surface area contributed by atoms with Gasteiger partial charge in [0, 0.05) is 10.6 Å². The molecule has 0 amide bonds. The molecule has 2 nitrogen and oxygen atoms in total. The number of rotatable bonds is 2.